The number of thiophene rings is 1. The maximum absolute atomic E-state index is 5.38. The normalized spacial score (nSPS) is 12.8. The zero-order chi connectivity index (χ0) is 41.4. The number of hydrogen-bond donors (Lipinski definition) is 0. The zero-order valence-corrected chi connectivity index (χ0v) is 35.2. The maximum Gasteiger partial charge on any atom is 0.160 e. The highest BCUT2D eigenvalue weighted by Gasteiger charge is 2.35. The molecule has 9 aromatic carbocycles. The Bertz CT molecular complexity index is 3560. The van der Waals surface area contributed by atoms with Crippen molar-refractivity contribution in [1.29, 1.82) is 0 Å². The van der Waals surface area contributed by atoms with Crippen molar-refractivity contribution >= 4 is 42.3 Å². The average molecular weight is 809 g/mol. The second kappa shape index (κ2) is 14.3. The van der Waals surface area contributed by atoms with Crippen LogP contribution < -0.4 is 0 Å². The van der Waals surface area contributed by atoms with Gasteiger partial charge in [-0.25, -0.2) is 9.97 Å². The van der Waals surface area contributed by atoms with Crippen LogP contribution in [0, 0.1) is 0 Å². The minimum Gasteiger partial charge on any atom is -0.228 e. The summed E-state index contributed by atoms with van der Waals surface area (Å²) in [5.74, 6) is 0.697. The Hall–Kier alpha value is -7.46. The predicted octanol–water partition coefficient (Wildman–Crippen LogP) is 16.3. The first-order valence-corrected chi connectivity index (χ1v) is 22.1. The molecule has 11 aromatic rings. The second-order valence-corrected chi connectivity index (χ2v) is 18.1. The molecule has 0 saturated heterocycles. The molecule has 0 saturated carbocycles. The standard InChI is InChI=1S/C59H40N2S/c1-59(2)52-22-12-10-19-47(52)48-28-26-42(35-53(48)59)46-18-8-9-20-49(46)55-36-54(60-58(61-55)38-15-4-3-5-16-38)45-32-43(40-25-24-37-14-6-7-17-39(37)30-40)31-44(33-45)41-27-29-57-51(34-41)50-21-11-13-23-56(50)62-57/h3-36H,1-2H3. The Morgan fingerprint density at radius 2 is 0.952 bits per heavy atom. The highest BCUT2D eigenvalue weighted by molar-refractivity contribution is 7.25. The predicted molar refractivity (Wildman–Crippen MR) is 263 cm³/mol. The number of benzene rings is 9. The summed E-state index contributed by atoms with van der Waals surface area (Å²) in [6.45, 7) is 4.69. The fourth-order valence-corrected chi connectivity index (χ4v) is 10.7. The smallest absolute Gasteiger partial charge is 0.160 e. The van der Waals surface area contributed by atoms with Crippen molar-refractivity contribution < 1.29 is 0 Å². The van der Waals surface area contributed by atoms with Gasteiger partial charge in [-0.1, -0.05) is 166 Å². The number of aromatic nitrogens is 2. The Kier molecular flexibility index (Phi) is 8.41. The molecule has 2 aromatic heterocycles. The Labute approximate surface area is 365 Å². The van der Waals surface area contributed by atoms with Crippen molar-refractivity contribution in [3.05, 3.63) is 217 Å². The van der Waals surface area contributed by atoms with Crippen LogP contribution in [0.1, 0.15) is 25.0 Å². The molecule has 62 heavy (non-hydrogen) atoms. The third kappa shape index (κ3) is 6.08. The van der Waals surface area contributed by atoms with Crippen molar-refractivity contribution in [3.8, 4) is 78.4 Å². The van der Waals surface area contributed by atoms with Gasteiger partial charge in [0.1, 0.15) is 0 Å². The number of hydrogen-bond acceptors (Lipinski definition) is 3. The van der Waals surface area contributed by atoms with Crippen molar-refractivity contribution in [2.24, 2.45) is 0 Å². The molecule has 0 aliphatic heterocycles. The lowest BCUT2D eigenvalue weighted by Gasteiger charge is -2.22. The molecular weight excluding hydrogens is 769 g/mol. The van der Waals surface area contributed by atoms with E-state index in [1.807, 2.05) is 17.4 Å². The second-order valence-electron chi connectivity index (χ2n) is 17.0. The minimum absolute atomic E-state index is 0.103. The van der Waals surface area contributed by atoms with E-state index in [4.69, 9.17) is 9.97 Å². The molecule has 0 fully saturated rings. The SMILES string of the molecule is CC1(C)c2ccccc2-c2ccc(-c3ccccc3-c3cc(-c4cc(-c5ccc6ccccc6c5)cc(-c5ccc6sc7ccccc7c6c5)c4)nc(-c4ccccc4)n3)cc21. The van der Waals surface area contributed by atoms with E-state index in [1.165, 1.54) is 69.9 Å². The molecule has 2 nitrogen and oxygen atoms in total. The summed E-state index contributed by atoms with van der Waals surface area (Å²) in [4.78, 5) is 10.7. The van der Waals surface area contributed by atoms with E-state index in [1.54, 1.807) is 0 Å². The number of rotatable bonds is 6. The van der Waals surface area contributed by atoms with E-state index in [2.05, 4.69) is 214 Å². The van der Waals surface area contributed by atoms with Gasteiger partial charge in [0, 0.05) is 42.3 Å². The van der Waals surface area contributed by atoms with Crippen LogP contribution in [0.25, 0.3) is 109 Å². The van der Waals surface area contributed by atoms with E-state index in [-0.39, 0.29) is 5.41 Å². The van der Waals surface area contributed by atoms with Crippen LogP contribution in [0.3, 0.4) is 0 Å². The molecule has 292 valence electrons. The first kappa shape index (κ1) is 36.4. The minimum atomic E-state index is -0.103. The van der Waals surface area contributed by atoms with Crippen LogP contribution in [0.2, 0.25) is 0 Å². The molecule has 0 unspecified atom stereocenters. The van der Waals surface area contributed by atoms with Gasteiger partial charge >= 0.3 is 0 Å². The summed E-state index contributed by atoms with van der Waals surface area (Å²) in [5.41, 5.74) is 17.1. The highest BCUT2D eigenvalue weighted by atomic mass is 32.1. The lowest BCUT2D eigenvalue weighted by atomic mass is 9.81. The summed E-state index contributed by atoms with van der Waals surface area (Å²) in [6.07, 6.45) is 0. The van der Waals surface area contributed by atoms with Gasteiger partial charge in [-0.3, -0.25) is 0 Å². The topological polar surface area (TPSA) is 25.8 Å². The first-order valence-electron chi connectivity index (χ1n) is 21.3. The van der Waals surface area contributed by atoms with Gasteiger partial charge in [-0.15, -0.1) is 11.3 Å². The van der Waals surface area contributed by atoms with E-state index < -0.39 is 0 Å². The van der Waals surface area contributed by atoms with Crippen LogP contribution >= 0.6 is 11.3 Å². The molecule has 0 radical (unpaired) electrons. The van der Waals surface area contributed by atoms with E-state index in [0.29, 0.717) is 5.82 Å². The van der Waals surface area contributed by atoms with Gasteiger partial charge in [0.05, 0.1) is 11.4 Å². The lowest BCUT2D eigenvalue weighted by Crippen LogP contribution is -2.14. The van der Waals surface area contributed by atoms with Crippen LogP contribution in [0.4, 0.5) is 0 Å². The van der Waals surface area contributed by atoms with Crippen molar-refractivity contribution in [2.45, 2.75) is 19.3 Å². The summed E-state index contributed by atoms with van der Waals surface area (Å²) in [5, 5.41) is 5.02. The third-order valence-electron chi connectivity index (χ3n) is 12.9. The quantitative estimate of drug-likeness (QED) is 0.167. The molecule has 3 heteroatoms. The maximum atomic E-state index is 5.38. The molecule has 2 heterocycles. The Morgan fingerprint density at radius 1 is 0.339 bits per heavy atom. The fraction of sp³-hybridized carbons (Fsp3) is 0.0508. The lowest BCUT2D eigenvalue weighted by molar-refractivity contribution is 0.660. The molecule has 1 aliphatic rings. The molecule has 12 rings (SSSR count). The van der Waals surface area contributed by atoms with Crippen molar-refractivity contribution in [1.82, 2.24) is 9.97 Å². The van der Waals surface area contributed by atoms with Crippen LogP contribution in [-0.2, 0) is 5.41 Å². The van der Waals surface area contributed by atoms with E-state index >= 15 is 0 Å². The Balaban J connectivity index is 1.06. The monoisotopic (exact) mass is 808 g/mol. The highest BCUT2D eigenvalue weighted by Crippen LogP contribution is 2.50. The van der Waals surface area contributed by atoms with Gasteiger partial charge < -0.3 is 0 Å². The molecule has 0 atom stereocenters. The van der Waals surface area contributed by atoms with Crippen LogP contribution in [0.15, 0.2) is 206 Å². The van der Waals surface area contributed by atoms with Crippen molar-refractivity contribution in [3.63, 3.8) is 0 Å². The van der Waals surface area contributed by atoms with Gasteiger partial charge in [-0.2, -0.15) is 0 Å². The van der Waals surface area contributed by atoms with Crippen molar-refractivity contribution in [2.75, 3.05) is 0 Å². The average Bonchev–Trinajstić information content (AvgIpc) is 3.82. The molecular formula is C59H40N2S. The zero-order valence-electron chi connectivity index (χ0n) is 34.4. The van der Waals surface area contributed by atoms with Crippen LogP contribution in [0.5, 0.6) is 0 Å². The molecule has 0 N–H and O–H groups in total. The summed E-state index contributed by atoms with van der Waals surface area (Å²) >= 11 is 1.85. The summed E-state index contributed by atoms with van der Waals surface area (Å²) in [6, 6.07) is 75.1. The molecule has 0 bridgehead atoms. The van der Waals surface area contributed by atoms with Gasteiger partial charge in [0.2, 0.25) is 0 Å². The summed E-state index contributed by atoms with van der Waals surface area (Å²) in [7, 11) is 0. The molecule has 0 amide bonds. The largest absolute Gasteiger partial charge is 0.228 e. The third-order valence-corrected chi connectivity index (χ3v) is 14.0. The molecule has 0 spiro atoms. The molecule has 1 aliphatic carbocycles. The Morgan fingerprint density at radius 3 is 1.81 bits per heavy atom. The van der Waals surface area contributed by atoms with Gasteiger partial charge in [0.25, 0.3) is 0 Å². The number of nitrogens with zero attached hydrogens (tertiary/aromatic N) is 2. The van der Waals surface area contributed by atoms with Crippen LogP contribution in [-0.4, -0.2) is 9.97 Å². The fourth-order valence-electron chi connectivity index (χ4n) is 9.66. The van der Waals surface area contributed by atoms with E-state index in [9.17, 15) is 0 Å². The van der Waals surface area contributed by atoms with Gasteiger partial charge in [-0.05, 0) is 121 Å². The van der Waals surface area contributed by atoms with E-state index in [0.717, 1.165) is 44.8 Å². The number of fused-ring (bicyclic) bond motifs is 7. The first-order chi connectivity index (χ1) is 30.4. The summed E-state index contributed by atoms with van der Waals surface area (Å²) < 4.78 is 2.60. The van der Waals surface area contributed by atoms with Gasteiger partial charge in [0.15, 0.2) is 5.82 Å².